The predicted molar refractivity (Wildman–Crippen MR) is 322 cm³/mol. The Balaban J connectivity index is 0.927. The second kappa shape index (κ2) is 22.8. The summed E-state index contributed by atoms with van der Waals surface area (Å²) in [6, 6.07) is 38.8. The molecule has 2 aliphatic carbocycles. The first-order valence-electron chi connectivity index (χ1n) is 28.8. The largest absolute Gasteiger partial charge is 0.497 e. The van der Waals surface area contributed by atoms with Crippen LogP contribution >= 0.6 is 0 Å². The SMILES string of the molecule is CCCCCC1CCC(c2ccc(C(=O)Nc3ccc(C(=O)Nc4ccc(-c5cc6c7c(c8c(c6cc5OC)OC(c5ccc(OC)cc5)(c5ccc(OC)cc5)C=C8)C(C)(C)c5c-7cc(C(F)(F)F)cc5C(F)(F)F)c(C)c4)cc3)cc2)CC1. The average Bonchev–Trinajstić information content (AvgIpc) is 1.59. The number of halogens is 6. The summed E-state index contributed by atoms with van der Waals surface area (Å²) in [4.78, 5) is 27.1. The van der Waals surface area contributed by atoms with Crippen LogP contribution in [0, 0.1) is 12.8 Å². The first-order chi connectivity index (χ1) is 40.6. The van der Waals surface area contributed by atoms with Gasteiger partial charge in [0.05, 0.1) is 32.5 Å². The van der Waals surface area contributed by atoms with Crippen LogP contribution in [0.25, 0.3) is 39.1 Å². The van der Waals surface area contributed by atoms with Gasteiger partial charge in [0.2, 0.25) is 0 Å². The second-order valence-corrected chi connectivity index (χ2v) is 23.1. The first-order valence-corrected chi connectivity index (χ1v) is 28.8. The van der Waals surface area contributed by atoms with Gasteiger partial charge in [-0.3, -0.25) is 9.59 Å². The van der Waals surface area contributed by atoms with E-state index in [0.717, 1.165) is 12.0 Å². The highest BCUT2D eigenvalue weighted by Crippen LogP contribution is 2.62. The minimum absolute atomic E-state index is 0.197. The molecular formula is C71H66F6N2O6. The summed E-state index contributed by atoms with van der Waals surface area (Å²) in [5.41, 5.74) is 1.00. The fourth-order valence-electron chi connectivity index (χ4n) is 13.2. The summed E-state index contributed by atoms with van der Waals surface area (Å²) in [7, 11) is 4.58. The van der Waals surface area contributed by atoms with Crippen molar-refractivity contribution >= 4 is 40.0 Å². The third-order valence-electron chi connectivity index (χ3n) is 17.6. The summed E-state index contributed by atoms with van der Waals surface area (Å²) >= 11 is 0. The standard InChI is InChI=1S/C71H66F6N2O6/c1-8-9-10-11-42-12-14-43(15-13-42)44-16-18-45(19-17-44)66(80)78-50-26-20-46(21-27-50)67(81)79-51-28-33-54(41(2)36-51)56-39-57-58(40-61(56)84-7)65-55(64-62(57)59-37-49(70(72,73)74)38-60(71(75,76)77)63(59)68(64,3)4)34-35-69(85-65,47-22-29-52(82-5)30-23-47)48-24-31-53(83-6)32-25-48/h16-40,42-43H,8-15H2,1-7H3,(H,78,80)(H,79,81). The molecule has 85 heavy (non-hydrogen) atoms. The van der Waals surface area contributed by atoms with Crippen LogP contribution < -0.4 is 29.6 Å². The Morgan fingerprint density at radius 3 is 1.75 bits per heavy atom. The van der Waals surface area contributed by atoms with E-state index in [1.165, 1.54) is 64.0 Å². The molecule has 8 aromatic carbocycles. The number of alkyl halides is 6. The van der Waals surface area contributed by atoms with Crippen LogP contribution in [0.2, 0.25) is 0 Å². The average molecular weight is 1160 g/mol. The number of hydrogen-bond acceptors (Lipinski definition) is 6. The maximum Gasteiger partial charge on any atom is 0.416 e. The highest BCUT2D eigenvalue weighted by molar-refractivity contribution is 6.11. The van der Waals surface area contributed by atoms with E-state index >= 15 is 13.2 Å². The van der Waals surface area contributed by atoms with Crippen molar-refractivity contribution in [3.63, 3.8) is 0 Å². The van der Waals surface area contributed by atoms with Gasteiger partial charge in [-0.2, -0.15) is 26.3 Å². The molecule has 438 valence electrons. The molecule has 0 spiro atoms. The number of unbranched alkanes of at least 4 members (excludes halogenated alkanes) is 2. The molecule has 1 fully saturated rings. The minimum atomic E-state index is -5.16. The van der Waals surface area contributed by atoms with E-state index < -0.39 is 40.4 Å². The quantitative estimate of drug-likeness (QED) is 0.0784. The molecule has 1 heterocycles. The Kier molecular flexibility index (Phi) is 15.6. The molecule has 1 aliphatic heterocycles. The Morgan fingerprint density at radius 2 is 1.20 bits per heavy atom. The van der Waals surface area contributed by atoms with Crippen molar-refractivity contribution in [3.05, 3.63) is 207 Å². The summed E-state index contributed by atoms with van der Waals surface area (Å²) in [5, 5.41) is 6.60. The second-order valence-electron chi connectivity index (χ2n) is 23.1. The predicted octanol–water partition coefficient (Wildman–Crippen LogP) is 18.9. The van der Waals surface area contributed by atoms with E-state index in [4.69, 9.17) is 18.9 Å². The fourth-order valence-corrected chi connectivity index (χ4v) is 13.2. The highest BCUT2D eigenvalue weighted by atomic mass is 19.4. The third kappa shape index (κ3) is 11.0. The van der Waals surface area contributed by atoms with Crippen LogP contribution in [-0.4, -0.2) is 33.1 Å². The number of nitrogens with one attached hydrogen (secondary N) is 2. The Morgan fingerprint density at radius 1 is 0.612 bits per heavy atom. The molecule has 2 amide bonds. The topological polar surface area (TPSA) is 95.1 Å². The number of rotatable bonds is 15. The van der Waals surface area contributed by atoms with E-state index in [1.807, 2.05) is 49.4 Å². The third-order valence-corrected chi connectivity index (χ3v) is 17.6. The van der Waals surface area contributed by atoms with Crippen LogP contribution in [0.4, 0.5) is 37.7 Å². The zero-order valence-electron chi connectivity index (χ0n) is 48.5. The van der Waals surface area contributed by atoms with E-state index in [1.54, 1.807) is 113 Å². The molecule has 11 rings (SSSR count). The number of aryl methyl sites for hydroxylation is 1. The van der Waals surface area contributed by atoms with Crippen LogP contribution in [0.1, 0.15) is 149 Å². The van der Waals surface area contributed by atoms with Crippen molar-refractivity contribution in [2.45, 2.75) is 108 Å². The maximum absolute atomic E-state index is 15.4. The van der Waals surface area contributed by atoms with Gasteiger partial charge in [0.1, 0.15) is 23.0 Å². The lowest BCUT2D eigenvalue weighted by atomic mass is 9.75. The smallest absolute Gasteiger partial charge is 0.416 e. The van der Waals surface area contributed by atoms with Crippen LogP contribution in [0.15, 0.2) is 146 Å². The van der Waals surface area contributed by atoms with Gasteiger partial charge in [0.25, 0.3) is 11.8 Å². The van der Waals surface area contributed by atoms with Crippen molar-refractivity contribution < 1.29 is 54.9 Å². The van der Waals surface area contributed by atoms with Gasteiger partial charge in [0, 0.05) is 55.6 Å². The van der Waals surface area contributed by atoms with E-state index in [2.05, 4.69) is 29.7 Å². The highest BCUT2D eigenvalue weighted by Gasteiger charge is 2.50. The molecule has 8 aromatic rings. The molecule has 0 radical (unpaired) electrons. The molecule has 14 heteroatoms. The van der Waals surface area contributed by atoms with Gasteiger partial charge >= 0.3 is 12.4 Å². The van der Waals surface area contributed by atoms with Gasteiger partial charge in [-0.15, -0.1) is 0 Å². The Bertz CT molecular complexity index is 3830. The number of carbonyl (C=O) groups excluding carboxylic acids is 2. The number of hydrogen-bond donors (Lipinski definition) is 2. The zero-order chi connectivity index (χ0) is 60.2. The molecule has 2 N–H and O–H groups in total. The minimum Gasteiger partial charge on any atom is -0.497 e. The Hall–Kier alpha value is -8.52. The lowest BCUT2D eigenvalue weighted by molar-refractivity contribution is -0.143. The lowest BCUT2D eigenvalue weighted by Gasteiger charge is -2.38. The normalized spacial score (nSPS) is 16.6. The van der Waals surface area contributed by atoms with Crippen LogP contribution in [0.3, 0.4) is 0 Å². The van der Waals surface area contributed by atoms with Crippen molar-refractivity contribution in [1.82, 2.24) is 0 Å². The van der Waals surface area contributed by atoms with Gasteiger partial charge in [0.15, 0.2) is 5.60 Å². The summed E-state index contributed by atoms with van der Waals surface area (Å²) < 4.78 is 115. The number of anilines is 2. The molecular weight excluding hydrogens is 1090 g/mol. The number of ether oxygens (including phenoxy) is 4. The number of carbonyl (C=O) groups is 2. The van der Waals surface area contributed by atoms with Gasteiger partial charge in [-0.05, 0) is 192 Å². The molecule has 0 atom stereocenters. The van der Waals surface area contributed by atoms with E-state index in [0.29, 0.717) is 95.4 Å². The molecule has 3 aliphatic rings. The summed E-state index contributed by atoms with van der Waals surface area (Å²) in [5.74, 6) is 2.44. The number of fused-ring (bicyclic) bond motifs is 8. The molecule has 0 aromatic heterocycles. The van der Waals surface area contributed by atoms with Crippen molar-refractivity contribution in [2.75, 3.05) is 32.0 Å². The van der Waals surface area contributed by atoms with Crippen molar-refractivity contribution in [3.8, 4) is 45.3 Å². The zero-order valence-corrected chi connectivity index (χ0v) is 48.5. The number of benzene rings is 8. The molecule has 8 nitrogen and oxygen atoms in total. The van der Waals surface area contributed by atoms with Gasteiger partial charge in [-0.25, -0.2) is 0 Å². The molecule has 1 saturated carbocycles. The first kappa shape index (κ1) is 58.3. The van der Waals surface area contributed by atoms with Gasteiger partial charge in [-0.1, -0.05) is 95.0 Å². The monoisotopic (exact) mass is 1160 g/mol. The summed E-state index contributed by atoms with van der Waals surface area (Å²) in [6.45, 7) is 7.27. The molecule has 0 bridgehead atoms. The van der Waals surface area contributed by atoms with Gasteiger partial charge < -0.3 is 29.6 Å². The van der Waals surface area contributed by atoms with Crippen molar-refractivity contribution in [1.29, 1.82) is 0 Å². The van der Waals surface area contributed by atoms with Crippen molar-refractivity contribution in [2.24, 2.45) is 5.92 Å². The molecule has 0 saturated heterocycles. The summed E-state index contributed by atoms with van der Waals surface area (Å²) in [6.07, 6.45) is 3.36. The van der Waals surface area contributed by atoms with E-state index in [9.17, 15) is 22.8 Å². The maximum atomic E-state index is 15.4. The lowest BCUT2D eigenvalue weighted by Crippen LogP contribution is -2.35. The van der Waals surface area contributed by atoms with Crippen LogP contribution in [0.5, 0.6) is 23.0 Å². The number of methoxy groups -OCH3 is 3. The van der Waals surface area contributed by atoms with E-state index in [-0.39, 0.29) is 34.4 Å². The number of amides is 2. The Labute approximate surface area is 491 Å². The van der Waals surface area contributed by atoms with Crippen LogP contribution in [-0.2, 0) is 23.4 Å². The fraction of sp³-hybridized carbons (Fsp3) is 0.296. The molecule has 0 unspecified atom stereocenters.